The molecule has 0 N–H and O–H groups in total. The number of aryl methyl sites for hydroxylation is 1. The van der Waals surface area contributed by atoms with Crippen LogP contribution in [0.5, 0.6) is 5.75 Å². The topological polar surface area (TPSA) is 48.4 Å². The van der Waals surface area contributed by atoms with Crippen molar-refractivity contribution in [1.82, 2.24) is 4.98 Å². The smallest absolute Gasteiger partial charge is 0.360 e. The molecular formula is C11H13NO3. The number of aromatic nitrogens is 1. The first-order valence-electron chi connectivity index (χ1n) is 4.58. The van der Waals surface area contributed by atoms with Gasteiger partial charge < -0.3 is 9.47 Å². The van der Waals surface area contributed by atoms with Gasteiger partial charge in [0.15, 0.2) is 11.4 Å². The third kappa shape index (κ3) is 2.56. The van der Waals surface area contributed by atoms with E-state index in [-0.39, 0.29) is 5.69 Å². The third-order valence-electron chi connectivity index (χ3n) is 1.87. The Kier molecular flexibility index (Phi) is 3.85. The maximum Gasteiger partial charge on any atom is 0.360 e. The molecule has 0 aliphatic rings. The number of hydrogen-bond donors (Lipinski definition) is 0. The predicted octanol–water partition coefficient (Wildman–Crippen LogP) is 1.95. The van der Waals surface area contributed by atoms with Crippen LogP contribution in [0.15, 0.2) is 25.0 Å². The van der Waals surface area contributed by atoms with E-state index in [2.05, 4.69) is 16.3 Å². The van der Waals surface area contributed by atoms with Crippen molar-refractivity contribution >= 4 is 5.97 Å². The Balaban J connectivity index is 3.15. The van der Waals surface area contributed by atoms with Crippen LogP contribution < -0.4 is 4.74 Å². The second kappa shape index (κ2) is 5.14. The van der Waals surface area contributed by atoms with E-state index in [0.717, 1.165) is 12.1 Å². The summed E-state index contributed by atoms with van der Waals surface area (Å²) in [5.74, 6) is -0.156. The van der Waals surface area contributed by atoms with Crippen molar-refractivity contribution in [2.24, 2.45) is 0 Å². The van der Waals surface area contributed by atoms with Crippen LogP contribution in [0.3, 0.4) is 0 Å². The van der Waals surface area contributed by atoms with E-state index in [0.29, 0.717) is 5.75 Å². The van der Waals surface area contributed by atoms with Crippen molar-refractivity contribution in [1.29, 1.82) is 0 Å². The molecule has 0 atom stereocenters. The highest BCUT2D eigenvalue weighted by Gasteiger charge is 2.15. The summed E-state index contributed by atoms with van der Waals surface area (Å²) < 4.78 is 9.67. The molecule has 0 aromatic carbocycles. The van der Waals surface area contributed by atoms with Gasteiger partial charge in [0.05, 0.1) is 13.4 Å². The first kappa shape index (κ1) is 11.2. The molecule has 1 heterocycles. The lowest BCUT2D eigenvalue weighted by Crippen LogP contribution is -2.08. The van der Waals surface area contributed by atoms with Crippen molar-refractivity contribution in [3.05, 3.63) is 36.4 Å². The van der Waals surface area contributed by atoms with E-state index in [1.165, 1.54) is 13.4 Å². The molecule has 4 heteroatoms. The number of carbonyl (C=O) groups is 1. The van der Waals surface area contributed by atoms with Gasteiger partial charge in [-0.1, -0.05) is 13.5 Å². The van der Waals surface area contributed by atoms with Crippen molar-refractivity contribution in [3.8, 4) is 5.75 Å². The molecule has 0 unspecified atom stereocenters. The van der Waals surface area contributed by atoms with E-state index in [9.17, 15) is 4.79 Å². The fourth-order valence-corrected chi connectivity index (χ4v) is 1.11. The molecule has 1 aromatic heterocycles. The summed E-state index contributed by atoms with van der Waals surface area (Å²) in [6, 6.07) is 3.48. The molecule has 0 saturated heterocycles. The van der Waals surface area contributed by atoms with Crippen LogP contribution in [-0.4, -0.2) is 18.1 Å². The van der Waals surface area contributed by atoms with Gasteiger partial charge >= 0.3 is 5.97 Å². The molecule has 0 radical (unpaired) electrons. The summed E-state index contributed by atoms with van der Waals surface area (Å²) in [5, 5.41) is 0. The molecule has 15 heavy (non-hydrogen) atoms. The number of methoxy groups -OCH3 is 1. The average Bonchev–Trinajstić information content (AvgIpc) is 2.29. The summed E-state index contributed by atoms with van der Waals surface area (Å²) >= 11 is 0. The highest BCUT2D eigenvalue weighted by Crippen LogP contribution is 2.18. The van der Waals surface area contributed by atoms with Crippen molar-refractivity contribution in [2.45, 2.75) is 13.3 Å². The third-order valence-corrected chi connectivity index (χ3v) is 1.87. The summed E-state index contributed by atoms with van der Waals surface area (Å²) in [6.07, 6.45) is 1.99. The molecule has 0 bridgehead atoms. The summed E-state index contributed by atoms with van der Waals surface area (Å²) in [7, 11) is 1.31. The molecule has 0 fully saturated rings. The quantitative estimate of drug-likeness (QED) is 0.559. The van der Waals surface area contributed by atoms with E-state index in [4.69, 9.17) is 4.74 Å². The Hall–Kier alpha value is -1.84. The molecule has 0 spiro atoms. The number of pyridine rings is 1. The van der Waals surface area contributed by atoms with Gasteiger partial charge in [-0.25, -0.2) is 9.78 Å². The number of hydrogen-bond acceptors (Lipinski definition) is 4. The maximum atomic E-state index is 11.4. The Morgan fingerprint density at radius 1 is 1.60 bits per heavy atom. The highest BCUT2D eigenvalue weighted by molar-refractivity contribution is 5.90. The number of rotatable bonds is 4. The van der Waals surface area contributed by atoms with E-state index in [1.807, 2.05) is 6.92 Å². The summed E-state index contributed by atoms with van der Waals surface area (Å²) in [4.78, 5) is 15.5. The normalized spacial score (nSPS) is 9.47. The molecule has 80 valence electrons. The fourth-order valence-electron chi connectivity index (χ4n) is 1.11. The lowest BCUT2D eigenvalue weighted by molar-refractivity contribution is 0.0590. The molecule has 0 aliphatic carbocycles. The number of esters is 1. The van der Waals surface area contributed by atoms with E-state index >= 15 is 0 Å². The molecule has 0 aliphatic heterocycles. The zero-order valence-corrected chi connectivity index (χ0v) is 8.82. The van der Waals surface area contributed by atoms with Crippen LogP contribution in [0, 0.1) is 0 Å². The fraction of sp³-hybridized carbons (Fsp3) is 0.273. The predicted molar refractivity (Wildman–Crippen MR) is 55.8 cm³/mol. The minimum Gasteiger partial charge on any atom is -0.464 e. The maximum absolute atomic E-state index is 11.4. The lowest BCUT2D eigenvalue weighted by atomic mass is 10.2. The molecule has 0 saturated carbocycles. The zero-order chi connectivity index (χ0) is 11.3. The second-order valence-electron chi connectivity index (χ2n) is 2.78. The van der Waals surface area contributed by atoms with Crippen molar-refractivity contribution in [3.63, 3.8) is 0 Å². The van der Waals surface area contributed by atoms with Crippen LogP contribution >= 0.6 is 0 Å². The van der Waals surface area contributed by atoms with Gasteiger partial charge in [-0.05, 0) is 18.6 Å². The standard InChI is InChI=1S/C11H13NO3/c1-4-8-6-7-9(15-5-2)10(12-8)11(13)14-3/h5-7H,2,4H2,1,3H3. The van der Waals surface area contributed by atoms with Gasteiger partial charge in [-0.2, -0.15) is 0 Å². The van der Waals surface area contributed by atoms with Crippen LogP contribution in [0.1, 0.15) is 23.1 Å². The van der Waals surface area contributed by atoms with Crippen LogP contribution in [-0.2, 0) is 11.2 Å². The minimum absolute atomic E-state index is 0.178. The van der Waals surface area contributed by atoms with Crippen LogP contribution in [0.4, 0.5) is 0 Å². The summed E-state index contributed by atoms with van der Waals surface area (Å²) in [5.41, 5.74) is 0.989. The van der Waals surface area contributed by atoms with E-state index in [1.54, 1.807) is 12.1 Å². The zero-order valence-electron chi connectivity index (χ0n) is 8.82. The van der Waals surface area contributed by atoms with E-state index < -0.39 is 5.97 Å². The lowest BCUT2D eigenvalue weighted by Gasteiger charge is -2.07. The second-order valence-corrected chi connectivity index (χ2v) is 2.78. The average molecular weight is 207 g/mol. The Labute approximate surface area is 88.5 Å². The first-order chi connectivity index (χ1) is 7.22. The molecular weight excluding hydrogens is 194 g/mol. The Morgan fingerprint density at radius 3 is 2.87 bits per heavy atom. The monoisotopic (exact) mass is 207 g/mol. The number of nitrogens with zero attached hydrogens (tertiary/aromatic N) is 1. The molecule has 0 amide bonds. The Morgan fingerprint density at radius 2 is 2.33 bits per heavy atom. The largest absolute Gasteiger partial charge is 0.464 e. The minimum atomic E-state index is -0.512. The van der Waals surface area contributed by atoms with Gasteiger partial charge in [0.2, 0.25) is 0 Å². The summed E-state index contributed by atoms with van der Waals surface area (Å²) in [6.45, 7) is 5.38. The van der Waals surface area contributed by atoms with Crippen molar-refractivity contribution in [2.75, 3.05) is 7.11 Å². The Bertz CT molecular complexity index is 374. The SMILES string of the molecule is C=COc1ccc(CC)nc1C(=O)OC. The molecule has 1 aromatic rings. The van der Waals surface area contributed by atoms with Gasteiger partial charge in [0, 0.05) is 5.69 Å². The van der Waals surface area contributed by atoms with Crippen LogP contribution in [0.25, 0.3) is 0 Å². The van der Waals surface area contributed by atoms with Gasteiger partial charge in [-0.3, -0.25) is 0 Å². The molecule has 1 rings (SSSR count). The highest BCUT2D eigenvalue weighted by atomic mass is 16.5. The number of ether oxygens (including phenoxy) is 2. The van der Waals surface area contributed by atoms with Gasteiger partial charge in [-0.15, -0.1) is 0 Å². The number of carbonyl (C=O) groups excluding carboxylic acids is 1. The first-order valence-corrected chi connectivity index (χ1v) is 4.58. The van der Waals surface area contributed by atoms with Gasteiger partial charge in [0.25, 0.3) is 0 Å². The van der Waals surface area contributed by atoms with Gasteiger partial charge in [0.1, 0.15) is 0 Å². The molecule has 4 nitrogen and oxygen atoms in total. The van der Waals surface area contributed by atoms with Crippen LogP contribution in [0.2, 0.25) is 0 Å². The van der Waals surface area contributed by atoms with Crippen molar-refractivity contribution < 1.29 is 14.3 Å².